The molecular formula is C21H26N6O2. The first-order chi connectivity index (χ1) is 14.1. The smallest absolute Gasteiger partial charge is 0.259 e. The third-order valence-electron chi connectivity index (χ3n) is 5.43. The second-order valence-corrected chi connectivity index (χ2v) is 7.69. The highest BCUT2D eigenvalue weighted by molar-refractivity contribution is 5.76. The molecule has 0 N–H and O–H groups in total. The molecule has 3 aromatic rings. The van der Waals surface area contributed by atoms with E-state index in [0.29, 0.717) is 30.6 Å². The molecular weight excluding hydrogens is 368 g/mol. The number of nitrogens with zero attached hydrogens (tertiary/aromatic N) is 6. The Labute approximate surface area is 169 Å². The van der Waals surface area contributed by atoms with Gasteiger partial charge in [-0.15, -0.1) is 0 Å². The second kappa shape index (κ2) is 8.55. The molecule has 0 spiro atoms. The summed E-state index contributed by atoms with van der Waals surface area (Å²) in [6, 6.07) is 5.78. The van der Waals surface area contributed by atoms with Crippen molar-refractivity contribution in [2.75, 3.05) is 13.1 Å². The largest absolute Gasteiger partial charge is 0.342 e. The standard InChI is InChI=1S/C21H26N6O2/c1-15-12-16(2)27(24-15)11-8-20(28)26-10-7-17(14-26)5-6-19-23-21(29-25-19)18-4-3-9-22-13-18/h3-4,9,12-13,17H,5-8,10-11,14H2,1-2H3. The van der Waals surface area contributed by atoms with Gasteiger partial charge in [0.1, 0.15) is 0 Å². The number of carbonyl (C=O) groups excluding carboxylic acids is 1. The zero-order chi connectivity index (χ0) is 20.2. The van der Waals surface area contributed by atoms with Gasteiger partial charge in [0.05, 0.1) is 11.3 Å². The van der Waals surface area contributed by atoms with E-state index < -0.39 is 0 Å². The molecule has 1 fully saturated rings. The van der Waals surface area contributed by atoms with Crippen molar-refractivity contribution < 1.29 is 9.32 Å². The molecule has 8 nitrogen and oxygen atoms in total. The van der Waals surface area contributed by atoms with Crippen LogP contribution >= 0.6 is 0 Å². The van der Waals surface area contributed by atoms with Crippen LogP contribution in [0.25, 0.3) is 11.5 Å². The molecule has 8 heteroatoms. The van der Waals surface area contributed by atoms with E-state index in [2.05, 4.69) is 20.2 Å². The number of amides is 1. The number of carbonyl (C=O) groups is 1. The Morgan fingerprint density at radius 3 is 3.00 bits per heavy atom. The summed E-state index contributed by atoms with van der Waals surface area (Å²) in [6.07, 6.45) is 6.65. The summed E-state index contributed by atoms with van der Waals surface area (Å²) in [5, 5.41) is 8.51. The van der Waals surface area contributed by atoms with Crippen molar-refractivity contribution >= 4 is 5.91 Å². The summed E-state index contributed by atoms with van der Waals surface area (Å²) in [5.41, 5.74) is 2.91. The average Bonchev–Trinajstić information content (AvgIpc) is 3.45. The minimum Gasteiger partial charge on any atom is -0.342 e. The van der Waals surface area contributed by atoms with Crippen molar-refractivity contribution in [2.45, 2.75) is 46.1 Å². The Morgan fingerprint density at radius 1 is 1.34 bits per heavy atom. The molecule has 152 valence electrons. The highest BCUT2D eigenvalue weighted by atomic mass is 16.5. The number of aromatic nitrogens is 5. The molecule has 1 unspecified atom stereocenters. The lowest BCUT2D eigenvalue weighted by molar-refractivity contribution is -0.130. The van der Waals surface area contributed by atoms with Crippen LogP contribution in [0.4, 0.5) is 0 Å². The van der Waals surface area contributed by atoms with Crippen molar-refractivity contribution in [1.82, 2.24) is 29.8 Å². The fraction of sp³-hybridized carbons (Fsp3) is 0.476. The van der Waals surface area contributed by atoms with Crippen molar-refractivity contribution in [3.8, 4) is 11.5 Å². The van der Waals surface area contributed by atoms with Gasteiger partial charge in [-0.2, -0.15) is 10.1 Å². The van der Waals surface area contributed by atoms with Crippen molar-refractivity contribution in [1.29, 1.82) is 0 Å². The van der Waals surface area contributed by atoms with Crippen LogP contribution in [0.1, 0.15) is 36.5 Å². The molecule has 0 radical (unpaired) electrons. The SMILES string of the molecule is Cc1cc(C)n(CCC(=O)N2CCC(CCc3noc(-c4cccnc4)n3)C2)n1. The van der Waals surface area contributed by atoms with E-state index in [0.717, 1.165) is 49.3 Å². The molecule has 4 rings (SSSR count). The Kier molecular flexibility index (Phi) is 5.69. The topological polar surface area (TPSA) is 89.9 Å². The summed E-state index contributed by atoms with van der Waals surface area (Å²) in [6.45, 7) is 6.27. The number of hydrogen-bond acceptors (Lipinski definition) is 6. The zero-order valence-electron chi connectivity index (χ0n) is 16.9. The Bertz CT molecular complexity index is 965. The predicted octanol–water partition coefficient (Wildman–Crippen LogP) is 2.82. The third kappa shape index (κ3) is 4.70. The minimum atomic E-state index is 0.207. The maximum Gasteiger partial charge on any atom is 0.259 e. The van der Waals surface area contributed by atoms with Gasteiger partial charge in [-0.25, -0.2) is 0 Å². The molecule has 1 aliphatic heterocycles. The molecule has 0 bridgehead atoms. The number of rotatable bonds is 7. The van der Waals surface area contributed by atoms with Crippen LogP contribution in [0.3, 0.4) is 0 Å². The molecule has 0 saturated carbocycles. The van der Waals surface area contributed by atoms with Crippen LogP contribution in [-0.4, -0.2) is 48.8 Å². The van der Waals surface area contributed by atoms with Gasteiger partial charge in [-0.1, -0.05) is 5.16 Å². The van der Waals surface area contributed by atoms with Gasteiger partial charge in [0.25, 0.3) is 5.89 Å². The second-order valence-electron chi connectivity index (χ2n) is 7.69. The summed E-state index contributed by atoms with van der Waals surface area (Å²) in [4.78, 5) is 23.1. The Morgan fingerprint density at radius 2 is 2.24 bits per heavy atom. The van der Waals surface area contributed by atoms with Crippen LogP contribution in [-0.2, 0) is 17.8 Å². The number of pyridine rings is 1. The van der Waals surface area contributed by atoms with E-state index in [-0.39, 0.29) is 5.91 Å². The zero-order valence-corrected chi connectivity index (χ0v) is 16.9. The normalized spacial score (nSPS) is 16.5. The fourth-order valence-corrected chi connectivity index (χ4v) is 3.85. The first-order valence-electron chi connectivity index (χ1n) is 10.1. The van der Waals surface area contributed by atoms with E-state index in [1.807, 2.05) is 41.6 Å². The van der Waals surface area contributed by atoms with Gasteiger partial charge in [0.2, 0.25) is 5.91 Å². The molecule has 1 amide bonds. The average molecular weight is 394 g/mol. The molecule has 0 aliphatic carbocycles. The molecule has 1 aliphatic rings. The highest BCUT2D eigenvalue weighted by Gasteiger charge is 2.26. The Hall–Kier alpha value is -3.03. The maximum absolute atomic E-state index is 12.6. The predicted molar refractivity (Wildman–Crippen MR) is 107 cm³/mol. The monoisotopic (exact) mass is 394 g/mol. The van der Waals surface area contributed by atoms with Crippen molar-refractivity contribution in [3.05, 3.63) is 47.8 Å². The van der Waals surface area contributed by atoms with Gasteiger partial charge >= 0.3 is 0 Å². The van der Waals surface area contributed by atoms with Gasteiger partial charge < -0.3 is 9.42 Å². The first-order valence-corrected chi connectivity index (χ1v) is 10.1. The van der Waals surface area contributed by atoms with E-state index in [9.17, 15) is 4.79 Å². The molecule has 0 aromatic carbocycles. The van der Waals surface area contributed by atoms with Crippen LogP contribution < -0.4 is 0 Å². The first kappa shape index (κ1) is 19.3. The Balaban J connectivity index is 1.23. The molecule has 29 heavy (non-hydrogen) atoms. The van der Waals surface area contributed by atoms with Crippen molar-refractivity contribution in [3.63, 3.8) is 0 Å². The lowest BCUT2D eigenvalue weighted by atomic mass is 10.0. The molecule has 3 aromatic heterocycles. The summed E-state index contributed by atoms with van der Waals surface area (Å²) < 4.78 is 7.25. The highest BCUT2D eigenvalue weighted by Crippen LogP contribution is 2.23. The van der Waals surface area contributed by atoms with E-state index in [4.69, 9.17) is 4.52 Å². The van der Waals surface area contributed by atoms with Crippen LogP contribution in [0.5, 0.6) is 0 Å². The summed E-state index contributed by atoms with van der Waals surface area (Å²) in [7, 11) is 0. The van der Waals surface area contributed by atoms with E-state index in [1.54, 1.807) is 12.4 Å². The van der Waals surface area contributed by atoms with Crippen LogP contribution in [0.15, 0.2) is 35.1 Å². The van der Waals surface area contributed by atoms with Crippen molar-refractivity contribution in [2.24, 2.45) is 5.92 Å². The number of hydrogen-bond donors (Lipinski definition) is 0. The summed E-state index contributed by atoms with van der Waals surface area (Å²) in [5.74, 6) is 1.89. The molecule has 4 heterocycles. The van der Waals surface area contributed by atoms with Gasteiger partial charge in [0.15, 0.2) is 5.82 Å². The van der Waals surface area contributed by atoms with Gasteiger partial charge in [-0.3, -0.25) is 14.5 Å². The molecule has 1 saturated heterocycles. The number of likely N-dealkylation sites (tertiary alicyclic amines) is 1. The van der Waals surface area contributed by atoms with E-state index in [1.165, 1.54) is 0 Å². The third-order valence-corrected chi connectivity index (χ3v) is 5.43. The van der Waals surface area contributed by atoms with Gasteiger partial charge in [-0.05, 0) is 50.8 Å². The quantitative estimate of drug-likeness (QED) is 0.612. The lowest BCUT2D eigenvalue weighted by Crippen LogP contribution is -2.29. The maximum atomic E-state index is 12.6. The summed E-state index contributed by atoms with van der Waals surface area (Å²) >= 11 is 0. The van der Waals surface area contributed by atoms with Crippen LogP contribution in [0.2, 0.25) is 0 Å². The van der Waals surface area contributed by atoms with Crippen LogP contribution in [0, 0.1) is 19.8 Å². The number of aryl methyl sites for hydroxylation is 4. The fourth-order valence-electron chi connectivity index (χ4n) is 3.85. The molecule has 1 atom stereocenters. The minimum absolute atomic E-state index is 0.207. The lowest BCUT2D eigenvalue weighted by Gasteiger charge is -2.16. The van der Waals surface area contributed by atoms with Gasteiger partial charge in [0, 0.05) is 50.6 Å². The van der Waals surface area contributed by atoms with E-state index >= 15 is 0 Å².